The molecular formula is C22H22O6. The van der Waals surface area contributed by atoms with Crippen molar-refractivity contribution in [2.75, 3.05) is 7.11 Å². The lowest BCUT2D eigenvalue weighted by Gasteiger charge is -2.29. The highest BCUT2D eigenvalue weighted by molar-refractivity contribution is 6.18. The first-order valence-electron chi connectivity index (χ1n) is 8.82. The number of carbonyl (C=O) groups excluding carboxylic acids is 2. The van der Waals surface area contributed by atoms with E-state index in [4.69, 9.17) is 18.9 Å². The molecule has 0 spiro atoms. The van der Waals surface area contributed by atoms with Gasteiger partial charge in [0.2, 0.25) is 0 Å². The van der Waals surface area contributed by atoms with Gasteiger partial charge < -0.3 is 18.9 Å². The van der Waals surface area contributed by atoms with E-state index in [1.165, 1.54) is 25.5 Å². The zero-order valence-corrected chi connectivity index (χ0v) is 16.3. The number of methoxy groups -OCH3 is 1. The van der Waals surface area contributed by atoms with Gasteiger partial charge in [0.05, 0.1) is 7.11 Å². The van der Waals surface area contributed by atoms with E-state index in [1.807, 2.05) is 31.2 Å². The van der Waals surface area contributed by atoms with Gasteiger partial charge in [0.25, 0.3) is 5.79 Å². The zero-order valence-electron chi connectivity index (χ0n) is 16.3. The fraction of sp³-hybridized carbons (Fsp3) is 0.273. The maximum atomic E-state index is 12.1. The van der Waals surface area contributed by atoms with Crippen molar-refractivity contribution >= 4 is 18.0 Å². The number of benzene rings is 2. The summed E-state index contributed by atoms with van der Waals surface area (Å²) in [7, 11) is 1.55. The molecular weight excluding hydrogens is 360 g/mol. The Hall–Kier alpha value is -3.28. The Kier molecular flexibility index (Phi) is 5.40. The first-order valence-corrected chi connectivity index (χ1v) is 8.82. The summed E-state index contributed by atoms with van der Waals surface area (Å²) in [5, 5.41) is 0. The predicted octanol–water partition coefficient (Wildman–Crippen LogP) is 3.80. The summed E-state index contributed by atoms with van der Waals surface area (Å²) < 4.78 is 21.4. The van der Waals surface area contributed by atoms with Gasteiger partial charge in [0.1, 0.15) is 12.2 Å². The van der Waals surface area contributed by atoms with Crippen LogP contribution in [0.5, 0.6) is 11.5 Å². The first-order chi connectivity index (χ1) is 13.3. The Morgan fingerprint density at radius 1 is 0.964 bits per heavy atom. The van der Waals surface area contributed by atoms with E-state index in [-0.39, 0.29) is 5.57 Å². The minimum absolute atomic E-state index is 0.172. The van der Waals surface area contributed by atoms with Crippen LogP contribution < -0.4 is 9.47 Å². The molecule has 6 heteroatoms. The Balaban J connectivity index is 1.83. The third kappa shape index (κ3) is 4.52. The molecule has 3 rings (SSSR count). The molecule has 2 aromatic carbocycles. The number of ether oxygens (including phenoxy) is 4. The van der Waals surface area contributed by atoms with Gasteiger partial charge in [-0.2, -0.15) is 0 Å². The van der Waals surface area contributed by atoms with E-state index < -0.39 is 17.7 Å². The first kappa shape index (κ1) is 19.5. The van der Waals surface area contributed by atoms with Crippen LogP contribution in [0.4, 0.5) is 0 Å². The van der Waals surface area contributed by atoms with Crippen LogP contribution in [-0.2, 0) is 25.7 Å². The second-order valence-electron chi connectivity index (χ2n) is 6.92. The van der Waals surface area contributed by atoms with Crippen LogP contribution in [0.3, 0.4) is 0 Å². The lowest BCUT2D eigenvalue weighted by atomic mass is 10.1. The minimum atomic E-state index is -1.27. The van der Waals surface area contributed by atoms with Crippen molar-refractivity contribution in [3.63, 3.8) is 0 Å². The number of hydrogen-bond donors (Lipinski definition) is 0. The molecule has 0 radical (unpaired) electrons. The van der Waals surface area contributed by atoms with Gasteiger partial charge in [-0.05, 0) is 36.3 Å². The largest absolute Gasteiger partial charge is 0.493 e. The summed E-state index contributed by atoms with van der Waals surface area (Å²) in [6, 6.07) is 13.1. The smallest absolute Gasteiger partial charge is 0.348 e. The molecule has 0 aliphatic carbocycles. The monoisotopic (exact) mass is 382 g/mol. The van der Waals surface area contributed by atoms with Gasteiger partial charge in [0.15, 0.2) is 11.5 Å². The molecule has 0 saturated carbocycles. The molecule has 0 aromatic heterocycles. The maximum Gasteiger partial charge on any atom is 0.348 e. The van der Waals surface area contributed by atoms with E-state index >= 15 is 0 Å². The minimum Gasteiger partial charge on any atom is -0.493 e. The van der Waals surface area contributed by atoms with Gasteiger partial charge in [0, 0.05) is 13.8 Å². The van der Waals surface area contributed by atoms with Crippen molar-refractivity contribution in [2.45, 2.75) is 33.2 Å². The van der Waals surface area contributed by atoms with Crippen molar-refractivity contribution in [3.05, 3.63) is 64.7 Å². The zero-order chi connectivity index (χ0) is 20.3. The summed E-state index contributed by atoms with van der Waals surface area (Å²) in [5.41, 5.74) is 2.60. The van der Waals surface area contributed by atoms with Gasteiger partial charge >= 0.3 is 11.9 Å². The number of aryl methyl sites for hydroxylation is 1. The van der Waals surface area contributed by atoms with E-state index in [0.29, 0.717) is 23.7 Å². The van der Waals surface area contributed by atoms with Crippen LogP contribution in [0.25, 0.3) is 6.08 Å². The Bertz CT molecular complexity index is 903. The summed E-state index contributed by atoms with van der Waals surface area (Å²) in [5.74, 6) is -1.67. The average Bonchev–Trinajstić information content (AvgIpc) is 2.63. The fourth-order valence-corrected chi connectivity index (χ4v) is 2.69. The van der Waals surface area contributed by atoms with Crippen molar-refractivity contribution in [2.24, 2.45) is 0 Å². The van der Waals surface area contributed by atoms with Crippen LogP contribution in [0.1, 0.15) is 30.5 Å². The topological polar surface area (TPSA) is 71.1 Å². The number of hydrogen-bond acceptors (Lipinski definition) is 6. The lowest BCUT2D eigenvalue weighted by molar-refractivity contribution is -0.222. The second-order valence-corrected chi connectivity index (χ2v) is 6.92. The quantitative estimate of drug-likeness (QED) is 0.445. The third-order valence-electron chi connectivity index (χ3n) is 4.13. The Labute approximate surface area is 163 Å². The molecule has 1 aliphatic rings. The number of cyclic esters (lactones) is 2. The van der Waals surface area contributed by atoms with Crippen LogP contribution in [-0.4, -0.2) is 24.8 Å². The molecule has 0 bridgehead atoms. The molecule has 6 nitrogen and oxygen atoms in total. The summed E-state index contributed by atoms with van der Waals surface area (Å²) in [6.07, 6.45) is 1.41. The van der Waals surface area contributed by atoms with Crippen molar-refractivity contribution < 1.29 is 28.5 Å². The van der Waals surface area contributed by atoms with Crippen LogP contribution in [0.15, 0.2) is 48.0 Å². The normalized spacial score (nSPS) is 15.5. The second kappa shape index (κ2) is 7.76. The Morgan fingerprint density at radius 3 is 2.21 bits per heavy atom. The summed E-state index contributed by atoms with van der Waals surface area (Å²) in [6.45, 7) is 5.38. The molecule has 1 aliphatic heterocycles. The van der Waals surface area contributed by atoms with Gasteiger partial charge in [-0.15, -0.1) is 0 Å². The lowest BCUT2D eigenvalue weighted by Crippen LogP contribution is -2.41. The van der Waals surface area contributed by atoms with Crippen molar-refractivity contribution in [1.82, 2.24) is 0 Å². The van der Waals surface area contributed by atoms with Crippen LogP contribution in [0, 0.1) is 6.92 Å². The van der Waals surface area contributed by atoms with E-state index in [2.05, 4.69) is 0 Å². The Morgan fingerprint density at radius 2 is 1.61 bits per heavy atom. The maximum absolute atomic E-state index is 12.1. The van der Waals surface area contributed by atoms with Crippen LogP contribution in [0.2, 0.25) is 0 Å². The standard InChI is InChI=1S/C22H22O6/c1-14-5-7-15(8-6-14)13-26-19-12-16(9-10-18(19)25-4)11-17-20(23)27-22(2,3)28-21(17)24/h5-12H,13H2,1-4H3. The highest BCUT2D eigenvalue weighted by Gasteiger charge is 2.38. The van der Waals surface area contributed by atoms with E-state index in [9.17, 15) is 9.59 Å². The highest BCUT2D eigenvalue weighted by atomic mass is 16.7. The van der Waals surface area contributed by atoms with E-state index in [1.54, 1.807) is 25.3 Å². The summed E-state index contributed by atoms with van der Waals surface area (Å²) >= 11 is 0. The van der Waals surface area contributed by atoms with Crippen molar-refractivity contribution in [1.29, 1.82) is 0 Å². The molecule has 0 atom stereocenters. The van der Waals surface area contributed by atoms with Crippen LogP contribution >= 0.6 is 0 Å². The molecule has 0 unspecified atom stereocenters. The molecule has 1 saturated heterocycles. The molecule has 1 fully saturated rings. The molecule has 0 N–H and O–H groups in total. The number of rotatable bonds is 5. The average molecular weight is 382 g/mol. The fourth-order valence-electron chi connectivity index (χ4n) is 2.69. The molecule has 2 aromatic rings. The third-order valence-corrected chi connectivity index (χ3v) is 4.13. The summed E-state index contributed by atoms with van der Waals surface area (Å²) in [4.78, 5) is 24.2. The molecule has 0 amide bonds. The van der Waals surface area contributed by atoms with Gasteiger partial charge in [-0.3, -0.25) is 0 Å². The van der Waals surface area contributed by atoms with E-state index in [0.717, 1.165) is 5.56 Å². The van der Waals surface area contributed by atoms with Gasteiger partial charge in [-0.25, -0.2) is 9.59 Å². The number of esters is 2. The molecule has 146 valence electrons. The SMILES string of the molecule is COc1ccc(C=C2C(=O)OC(C)(C)OC2=O)cc1OCc1ccc(C)cc1. The number of carbonyl (C=O) groups is 2. The highest BCUT2D eigenvalue weighted by Crippen LogP contribution is 2.31. The van der Waals surface area contributed by atoms with Gasteiger partial charge in [-0.1, -0.05) is 35.9 Å². The molecule has 28 heavy (non-hydrogen) atoms. The van der Waals surface area contributed by atoms with Crippen molar-refractivity contribution in [3.8, 4) is 11.5 Å². The molecule has 1 heterocycles. The predicted molar refractivity (Wildman–Crippen MR) is 103 cm³/mol.